The lowest BCUT2D eigenvalue weighted by Gasteiger charge is -2.39. The second kappa shape index (κ2) is 10.0. The van der Waals surface area contributed by atoms with E-state index in [1.807, 2.05) is 11.9 Å². The molecule has 0 unspecified atom stereocenters. The molecule has 1 aromatic carbocycles. The zero-order chi connectivity index (χ0) is 24.2. The lowest BCUT2D eigenvalue weighted by Crippen LogP contribution is -2.44. The van der Waals surface area contributed by atoms with Gasteiger partial charge in [0.15, 0.2) is 0 Å². The topological polar surface area (TPSA) is 98.7 Å². The molecule has 34 heavy (non-hydrogen) atoms. The highest BCUT2D eigenvalue weighted by Gasteiger charge is 2.26. The molecule has 10 heteroatoms. The minimum absolute atomic E-state index is 0.00823. The van der Waals surface area contributed by atoms with E-state index in [9.17, 15) is 19.1 Å². The van der Waals surface area contributed by atoms with Gasteiger partial charge in [-0.2, -0.15) is 0 Å². The minimum atomic E-state index is -1.06. The van der Waals surface area contributed by atoms with Crippen LogP contribution < -0.4 is 15.1 Å². The number of pyridine rings is 2. The van der Waals surface area contributed by atoms with E-state index >= 15 is 0 Å². The molecule has 4 rings (SSSR count). The molecular formula is C24H23ClFN5O3. The summed E-state index contributed by atoms with van der Waals surface area (Å²) in [4.78, 5) is 36.2. The van der Waals surface area contributed by atoms with Crippen molar-refractivity contribution in [3.05, 3.63) is 77.0 Å². The third-order valence-corrected chi connectivity index (χ3v) is 6.12. The van der Waals surface area contributed by atoms with Crippen LogP contribution in [0.1, 0.15) is 33.7 Å². The van der Waals surface area contributed by atoms with Gasteiger partial charge in [0.25, 0.3) is 5.91 Å². The molecule has 8 nitrogen and oxygen atoms in total. The Morgan fingerprint density at radius 3 is 2.59 bits per heavy atom. The number of carboxylic acids is 1. The van der Waals surface area contributed by atoms with Crippen LogP contribution in [-0.4, -0.2) is 53.1 Å². The molecule has 1 aliphatic heterocycles. The van der Waals surface area contributed by atoms with Crippen molar-refractivity contribution in [2.24, 2.45) is 0 Å². The number of benzene rings is 1. The number of anilines is 3. The predicted octanol–water partition coefficient (Wildman–Crippen LogP) is 4.32. The second-order valence-electron chi connectivity index (χ2n) is 8.01. The number of aromatic carboxylic acids is 1. The van der Waals surface area contributed by atoms with Crippen molar-refractivity contribution < 1.29 is 19.1 Å². The summed E-state index contributed by atoms with van der Waals surface area (Å²) in [5, 5.41) is 12.3. The average Bonchev–Trinajstić information content (AvgIpc) is 2.85. The Balaban J connectivity index is 1.47. The van der Waals surface area contributed by atoms with Gasteiger partial charge in [0.2, 0.25) is 0 Å². The van der Waals surface area contributed by atoms with Gasteiger partial charge in [0, 0.05) is 49.9 Å². The van der Waals surface area contributed by atoms with Crippen molar-refractivity contribution in [3.63, 3.8) is 0 Å². The second-order valence-corrected chi connectivity index (χ2v) is 8.45. The number of piperidine rings is 1. The van der Waals surface area contributed by atoms with E-state index in [1.54, 1.807) is 30.3 Å². The number of hydrogen-bond donors (Lipinski definition) is 2. The quantitative estimate of drug-likeness (QED) is 0.538. The molecule has 1 fully saturated rings. The van der Waals surface area contributed by atoms with Crippen molar-refractivity contribution in [3.8, 4) is 0 Å². The van der Waals surface area contributed by atoms with E-state index in [1.165, 1.54) is 24.5 Å². The molecule has 0 bridgehead atoms. The summed E-state index contributed by atoms with van der Waals surface area (Å²) in [6.45, 7) is 1.41. The first-order chi connectivity index (χ1) is 16.3. The number of amides is 1. The van der Waals surface area contributed by atoms with Crippen molar-refractivity contribution in [2.75, 3.05) is 35.3 Å². The maximum Gasteiger partial charge on any atom is 0.354 e. The maximum absolute atomic E-state index is 14.0. The molecule has 3 aromatic rings. The normalized spacial score (nSPS) is 14.0. The van der Waals surface area contributed by atoms with E-state index in [2.05, 4.69) is 20.2 Å². The van der Waals surface area contributed by atoms with Crippen LogP contribution in [0.25, 0.3) is 0 Å². The summed E-state index contributed by atoms with van der Waals surface area (Å²) in [6.07, 6.45) is 4.47. The van der Waals surface area contributed by atoms with Crippen LogP contribution >= 0.6 is 11.6 Å². The number of halogens is 2. The third kappa shape index (κ3) is 5.26. The fourth-order valence-corrected chi connectivity index (χ4v) is 4.18. The molecular weight excluding hydrogens is 461 g/mol. The van der Waals surface area contributed by atoms with E-state index in [4.69, 9.17) is 11.6 Å². The average molecular weight is 484 g/mol. The van der Waals surface area contributed by atoms with Crippen molar-refractivity contribution in [1.82, 2.24) is 9.97 Å². The summed E-state index contributed by atoms with van der Waals surface area (Å²) in [6, 6.07) is 10.8. The lowest BCUT2D eigenvalue weighted by atomic mass is 10.0. The van der Waals surface area contributed by atoms with E-state index < -0.39 is 17.7 Å². The molecule has 2 N–H and O–H groups in total. The van der Waals surface area contributed by atoms with Crippen LogP contribution in [-0.2, 0) is 0 Å². The summed E-state index contributed by atoms with van der Waals surface area (Å²) in [5.41, 5.74) is 1.64. The van der Waals surface area contributed by atoms with Gasteiger partial charge in [-0.05, 0) is 55.3 Å². The summed E-state index contributed by atoms with van der Waals surface area (Å²) < 4.78 is 14.0. The molecule has 1 saturated heterocycles. The predicted molar refractivity (Wildman–Crippen MR) is 128 cm³/mol. The van der Waals surface area contributed by atoms with Crippen LogP contribution in [0.15, 0.2) is 54.9 Å². The first-order valence-electron chi connectivity index (χ1n) is 10.7. The third-order valence-electron chi connectivity index (χ3n) is 5.89. The van der Waals surface area contributed by atoms with Gasteiger partial charge >= 0.3 is 5.97 Å². The van der Waals surface area contributed by atoms with Crippen LogP contribution in [0.2, 0.25) is 5.02 Å². The highest BCUT2D eigenvalue weighted by molar-refractivity contribution is 6.30. The van der Waals surface area contributed by atoms with E-state index in [0.717, 1.165) is 18.5 Å². The Hall–Kier alpha value is -3.72. The molecule has 0 saturated carbocycles. The molecule has 0 spiro atoms. The molecule has 2 aromatic heterocycles. The number of carbonyl (C=O) groups excluding carboxylic acids is 1. The first kappa shape index (κ1) is 23.4. The maximum atomic E-state index is 14.0. The van der Waals surface area contributed by atoms with E-state index in [0.29, 0.717) is 29.6 Å². The van der Waals surface area contributed by atoms with Crippen LogP contribution in [0, 0.1) is 5.82 Å². The Kier molecular flexibility index (Phi) is 6.93. The molecule has 176 valence electrons. The standard InChI is InChI=1S/C24H23ClFN5O3/c1-30(17-7-10-31(11-8-17)18-6-9-27-20(13-18)24(33)34)21-4-3-16(26)12-19(21)23(32)29-22-5-2-15(25)14-28-22/h2-6,9,12-14,17H,7-8,10-11H2,1H3,(H,33,34)(H,28,29,32). The minimum Gasteiger partial charge on any atom is -0.477 e. The van der Waals surface area contributed by atoms with Gasteiger partial charge in [-0.15, -0.1) is 0 Å². The van der Waals surface area contributed by atoms with E-state index in [-0.39, 0.29) is 17.3 Å². The Morgan fingerprint density at radius 1 is 1.15 bits per heavy atom. The number of aromatic nitrogens is 2. The van der Waals surface area contributed by atoms with Crippen LogP contribution in [0.5, 0.6) is 0 Å². The monoisotopic (exact) mass is 483 g/mol. The largest absolute Gasteiger partial charge is 0.477 e. The fraction of sp³-hybridized carbons (Fsp3) is 0.250. The summed E-state index contributed by atoms with van der Waals surface area (Å²) in [7, 11) is 1.89. The van der Waals surface area contributed by atoms with Gasteiger partial charge in [0.1, 0.15) is 17.3 Å². The van der Waals surface area contributed by atoms with Crippen molar-refractivity contribution >= 4 is 40.7 Å². The zero-order valence-corrected chi connectivity index (χ0v) is 19.2. The number of carboxylic acid groups (broad SMARTS) is 1. The van der Waals surface area contributed by atoms with Gasteiger partial charge < -0.3 is 20.2 Å². The zero-order valence-electron chi connectivity index (χ0n) is 18.4. The van der Waals surface area contributed by atoms with Crippen LogP contribution in [0.4, 0.5) is 21.6 Å². The number of nitrogens with zero attached hydrogens (tertiary/aromatic N) is 4. The van der Waals surface area contributed by atoms with Gasteiger partial charge in [-0.25, -0.2) is 19.2 Å². The molecule has 0 aliphatic carbocycles. The smallest absolute Gasteiger partial charge is 0.354 e. The molecule has 0 atom stereocenters. The first-order valence-corrected chi connectivity index (χ1v) is 11.1. The Bertz CT molecular complexity index is 1200. The molecule has 0 radical (unpaired) electrons. The highest BCUT2D eigenvalue weighted by Crippen LogP contribution is 2.29. The Labute approximate surface area is 201 Å². The molecule has 3 heterocycles. The highest BCUT2D eigenvalue weighted by atomic mass is 35.5. The number of hydrogen-bond acceptors (Lipinski definition) is 6. The molecule has 1 aliphatic rings. The number of carbonyl (C=O) groups is 2. The van der Waals surface area contributed by atoms with Gasteiger partial charge in [0.05, 0.1) is 10.6 Å². The lowest BCUT2D eigenvalue weighted by molar-refractivity contribution is 0.0690. The van der Waals surface area contributed by atoms with Gasteiger partial charge in [-0.3, -0.25) is 4.79 Å². The molecule has 1 amide bonds. The summed E-state index contributed by atoms with van der Waals surface area (Å²) >= 11 is 5.85. The van der Waals surface area contributed by atoms with Gasteiger partial charge in [-0.1, -0.05) is 11.6 Å². The fourth-order valence-electron chi connectivity index (χ4n) is 4.07. The van der Waals surface area contributed by atoms with Crippen LogP contribution in [0.3, 0.4) is 0 Å². The number of rotatable bonds is 6. The summed E-state index contributed by atoms with van der Waals surface area (Å²) in [5.74, 6) is -1.72. The van der Waals surface area contributed by atoms with Crippen molar-refractivity contribution in [1.29, 1.82) is 0 Å². The Morgan fingerprint density at radius 2 is 1.91 bits per heavy atom. The van der Waals surface area contributed by atoms with Crippen molar-refractivity contribution in [2.45, 2.75) is 18.9 Å². The SMILES string of the molecule is CN(c1ccc(F)cc1C(=O)Nc1ccc(Cl)cn1)C1CCN(c2ccnc(C(=O)O)c2)CC1. The number of nitrogens with one attached hydrogen (secondary N) is 1.